The molecule has 158 valence electrons. The standard InChI is InChI=1S/C21H26F2N2O4/c1-14(2)28-17-6-4-5-16(11-17)13-25-21(26)24-10-9-15-7-8-18(27-3)19(12-15)29-20(22)23/h4-8,11-12,14,20H,9-10,13H2,1-3H3,(H2,24,25,26). The lowest BCUT2D eigenvalue weighted by Gasteiger charge is -2.13. The Bertz CT molecular complexity index is 800. The minimum Gasteiger partial charge on any atom is -0.493 e. The van der Waals surface area contributed by atoms with E-state index in [4.69, 9.17) is 9.47 Å². The van der Waals surface area contributed by atoms with Crippen LogP contribution in [0.3, 0.4) is 0 Å². The van der Waals surface area contributed by atoms with Crippen molar-refractivity contribution in [3.8, 4) is 17.2 Å². The Morgan fingerprint density at radius 3 is 2.48 bits per heavy atom. The Balaban J connectivity index is 1.80. The SMILES string of the molecule is COc1ccc(CCNC(=O)NCc2cccc(OC(C)C)c2)cc1OC(F)F. The van der Waals surface area contributed by atoms with Crippen molar-refractivity contribution in [3.63, 3.8) is 0 Å². The first-order valence-electron chi connectivity index (χ1n) is 9.26. The van der Waals surface area contributed by atoms with Crippen LogP contribution < -0.4 is 24.8 Å². The van der Waals surface area contributed by atoms with Crippen LogP contribution in [0.15, 0.2) is 42.5 Å². The molecular formula is C21H26F2N2O4. The number of hydrogen-bond donors (Lipinski definition) is 2. The van der Waals surface area contributed by atoms with Gasteiger partial charge in [-0.05, 0) is 55.7 Å². The second-order valence-corrected chi connectivity index (χ2v) is 6.54. The zero-order chi connectivity index (χ0) is 21.2. The Hall–Kier alpha value is -3.03. The van der Waals surface area contributed by atoms with Crippen LogP contribution in [0, 0.1) is 0 Å². The molecule has 6 nitrogen and oxygen atoms in total. The third kappa shape index (κ3) is 7.85. The predicted octanol–water partition coefficient (Wildman–Crippen LogP) is 4.13. The fourth-order valence-electron chi connectivity index (χ4n) is 2.63. The Morgan fingerprint density at radius 2 is 1.79 bits per heavy atom. The average molecular weight is 408 g/mol. The lowest BCUT2D eigenvalue weighted by molar-refractivity contribution is -0.0512. The summed E-state index contributed by atoms with van der Waals surface area (Å²) in [4.78, 5) is 12.0. The van der Waals surface area contributed by atoms with Gasteiger partial charge in [0, 0.05) is 13.1 Å². The number of benzene rings is 2. The van der Waals surface area contributed by atoms with Gasteiger partial charge in [0.05, 0.1) is 13.2 Å². The molecule has 0 spiro atoms. The highest BCUT2D eigenvalue weighted by molar-refractivity contribution is 5.73. The number of hydrogen-bond acceptors (Lipinski definition) is 4. The molecule has 0 heterocycles. The molecular weight excluding hydrogens is 382 g/mol. The van der Waals surface area contributed by atoms with Gasteiger partial charge in [0.2, 0.25) is 0 Å². The summed E-state index contributed by atoms with van der Waals surface area (Å²) in [5, 5.41) is 5.51. The number of methoxy groups -OCH3 is 1. The van der Waals surface area contributed by atoms with Crippen LogP contribution in [0.2, 0.25) is 0 Å². The summed E-state index contributed by atoms with van der Waals surface area (Å²) in [6.45, 7) is 1.65. The van der Waals surface area contributed by atoms with Gasteiger partial charge in [-0.3, -0.25) is 0 Å². The van der Waals surface area contributed by atoms with E-state index in [2.05, 4.69) is 15.4 Å². The Labute approximate surface area is 169 Å². The molecule has 0 aromatic heterocycles. The number of alkyl halides is 2. The number of carbonyl (C=O) groups excluding carboxylic acids is 1. The topological polar surface area (TPSA) is 68.8 Å². The molecule has 29 heavy (non-hydrogen) atoms. The number of urea groups is 1. The van der Waals surface area contributed by atoms with Crippen molar-refractivity contribution in [3.05, 3.63) is 53.6 Å². The predicted molar refractivity (Wildman–Crippen MR) is 106 cm³/mol. The molecule has 8 heteroatoms. The molecule has 0 aliphatic rings. The van der Waals surface area contributed by atoms with Gasteiger partial charge in [0.1, 0.15) is 5.75 Å². The second kappa shape index (κ2) is 11.1. The molecule has 2 aromatic rings. The smallest absolute Gasteiger partial charge is 0.387 e. The fraction of sp³-hybridized carbons (Fsp3) is 0.381. The van der Waals surface area contributed by atoms with E-state index in [1.807, 2.05) is 38.1 Å². The van der Waals surface area contributed by atoms with Crippen molar-refractivity contribution in [2.45, 2.75) is 39.5 Å². The third-order valence-corrected chi connectivity index (χ3v) is 3.87. The lowest BCUT2D eigenvalue weighted by atomic mass is 10.1. The van der Waals surface area contributed by atoms with Crippen LogP contribution in [0.1, 0.15) is 25.0 Å². The van der Waals surface area contributed by atoms with Crippen molar-refractivity contribution < 1.29 is 27.8 Å². The van der Waals surface area contributed by atoms with E-state index >= 15 is 0 Å². The highest BCUT2D eigenvalue weighted by Crippen LogP contribution is 2.29. The maximum atomic E-state index is 12.5. The number of amides is 2. The number of nitrogens with one attached hydrogen (secondary N) is 2. The molecule has 0 fully saturated rings. The molecule has 2 aromatic carbocycles. The summed E-state index contributed by atoms with van der Waals surface area (Å²) in [7, 11) is 1.38. The minimum absolute atomic E-state index is 0.0343. The summed E-state index contributed by atoms with van der Waals surface area (Å²) in [6.07, 6.45) is 0.528. The first-order valence-corrected chi connectivity index (χ1v) is 9.26. The van der Waals surface area contributed by atoms with Crippen LogP contribution in [-0.2, 0) is 13.0 Å². The molecule has 2 amide bonds. The maximum Gasteiger partial charge on any atom is 0.387 e. The number of ether oxygens (including phenoxy) is 3. The first kappa shape index (κ1) is 22.3. The molecule has 0 saturated heterocycles. The van der Waals surface area contributed by atoms with E-state index in [0.29, 0.717) is 19.5 Å². The normalized spacial score (nSPS) is 10.7. The molecule has 0 aliphatic carbocycles. The lowest BCUT2D eigenvalue weighted by Crippen LogP contribution is -2.36. The van der Waals surface area contributed by atoms with Crippen LogP contribution in [0.5, 0.6) is 17.2 Å². The summed E-state index contributed by atoms with van der Waals surface area (Å²) >= 11 is 0. The quantitative estimate of drug-likeness (QED) is 0.620. The third-order valence-electron chi connectivity index (χ3n) is 3.87. The first-order chi connectivity index (χ1) is 13.9. The van der Waals surface area contributed by atoms with E-state index < -0.39 is 6.61 Å². The van der Waals surface area contributed by atoms with Crippen molar-refractivity contribution >= 4 is 6.03 Å². The van der Waals surface area contributed by atoms with Crippen molar-refractivity contribution in [1.29, 1.82) is 0 Å². The van der Waals surface area contributed by atoms with E-state index in [9.17, 15) is 13.6 Å². The van der Waals surface area contributed by atoms with Crippen molar-refractivity contribution in [2.75, 3.05) is 13.7 Å². The molecule has 0 saturated carbocycles. The van der Waals surface area contributed by atoms with Gasteiger partial charge in [-0.15, -0.1) is 0 Å². The Kier molecular flexibility index (Phi) is 8.51. The monoisotopic (exact) mass is 408 g/mol. The largest absolute Gasteiger partial charge is 0.493 e. The second-order valence-electron chi connectivity index (χ2n) is 6.54. The van der Waals surface area contributed by atoms with E-state index in [1.54, 1.807) is 12.1 Å². The van der Waals surface area contributed by atoms with E-state index in [0.717, 1.165) is 16.9 Å². The highest BCUT2D eigenvalue weighted by Gasteiger charge is 2.11. The highest BCUT2D eigenvalue weighted by atomic mass is 19.3. The van der Waals surface area contributed by atoms with Crippen LogP contribution >= 0.6 is 0 Å². The molecule has 0 aliphatic heterocycles. The van der Waals surface area contributed by atoms with Crippen molar-refractivity contribution in [2.24, 2.45) is 0 Å². The zero-order valence-electron chi connectivity index (χ0n) is 16.7. The van der Waals surface area contributed by atoms with Crippen molar-refractivity contribution in [1.82, 2.24) is 10.6 Å². The summed E-state index contributed by atoms with van der Waals surface area (Å²) in [6, 6.07) is 12.0. The summed E-state index contributed by atoms with van der Waals surface area (Å²) < 4.78 is 40.1. The fourth-order valence-corrected chi connectivity index (χ4v) is 2.63. The van der Waals surface area contributed by atoms with Gasteiger partial charge in [0.25, 0.3) is 0 Å². The molecule has 0 unspecified atom stereocenters. The number of halogens is 2. The molecule has 2 rings (SSSR count). The van der Waals surface area contributed by atoms with Gasteiger partial charge in [-0.25, -0.2) is 4.79 Å². The van der Waals surface area contributed by atoms with E-state index in [-0.39, 0.29) is 23.6 Å². The summed E-state index contributed by atoms with van der Waals surface area (Å²) in [5.74, 6) is 0.942. The van der Waals surface area contributed by atoms with Crippen LogP contribution in [-0.4, -0.2) is 32.4 Å². The molecule has 0 radical (unpaired) electrons. The maximum absolute atomic E-state index is 12.5. The number of rotatable bonds is 10. The van der Waals surface area contributed by atoms with Gasteiger partial charge in [-0.1, -0.05) is 18.2 Å². The Morgan fingerprint density at radius 1 is 1.00 bits per heavy atom. The van der Waals surface area contributed by atoms with Gasteiger partial charge < -0.3 is 24.8 Å². The zero-order valence-corrected chi connectivity index (χ0v) is 16.7. The molecule has 0 atom stereocenters. The molecule has 2 N–H and O–H groups in total. The van der Waals surface area contributed by atoms with Gasteiger partial charge >= 0.3 is 12.6 Å². The average Bonchev–Trinajstić information content (AvgIpc) is 2.66. The number of carbonyl (C=O) groups is 1. The summed E-state index contributed by atoms with van der Waals surface area (Å²) in [5.41, 5.74) is 1.66. The van der Waals surface area contributed by atoms with Gasteiger partial charge in [-0.2, -0.15) is 8.78 Å². The van der Waals surface area contributed by atoms with Crippen LogP contribution in [0.25, 0.3) is 0 Å². The van der Waals surface area contributed by atoms with Gasteiger partial charge in [0.15, 0.2) is 11.5 Å². The minimum atomic E-state index is -2.94. The van der Waals surface area contributed by atoms with Crippen LogP contribution in [0.4, 0.5) is 13.6 Å². The van der Waals surface area contributed by atoms with E-state index in [1.165, 1.54) is 13.2 Å². The molecule has 0 bridgehead atoms.